The van der Waals surface area contributed by atoms with Crippen molar-refractivity contribution in [3.8, 4) is 5.75 Å². The lowest BCUT2D eigenvalue weighted by Crippen LogP contribution is -2.44. The fourth-order valence-electron chi connectivity index (χ4n) is 2.74. The molecular formula is C17H21FN4O. The molecule has 0 spiro atoms. The van der Waals surface area contributed by atoms with Crippen LogP contribution < -0.4 is 10.2 Å². The summed E-state index contributed by atoms with van der Waals surface area (Å²) in [5, 5.41) is 13.0. The van der Waals surface area contributed by atoms with Crippen molar-refractivity contribution in [1.29, 1.82) is 0 Å². The molecule has 1 aromatic heterocycles. The lowest BCUT2D eigenvalue weighted by molar-refractivity contribution is 0.313. The molecule has 1 aliphatic rings. The lowest BCUT2D eigenvalue weighted by Gasteiger charge is -2.35. The van der Waals surface area contributed by atoms with Gasteiger partial charge in [0.15, 0.2) is 11.6 Å². The summed E-state index contributed by atoms with van der Waals surface area (Å²) in [5.74, 6) is -0.903. The van der Waals surface area contributed by atoms with E-state index in [1.54, 1.807) is 24.5 Å². The zero-order valence-corrected chi connectivity index (χ0v) is 13.2. The average molecular weight is 316 g/mol. The summed E-state index contributed by atoms with van der Waals surface area (Å²) in [5.41, 5.74) is 2.50. The molecule has 0 bridgehead atoms. The fraction of sp³-hybridized carbons (Fsp3) is 0.353. The van der Waals surface area contributed by atoms with Gasteiger partial charge in [-0.05, 0) is 19.2 Å². The van der Waals surface area contributed by atoms with E-state index in [0.29, 0.717) is 12.1 Å². The van der Waals surface area contributed by atoms with Crippen LogP contribution >= 0.6 is 0 Å². The van der Waals surface area contributed by atoms with Gasteiger partial charge in [0.05, 0.1) is 17.6 Å². The number of likely N-dealkylation sites (N-methyl/N-ethyl adjacent to an activating group) is 1. The van der Waals surface area contributed by atoms with Crippen LogP contribution in [0.1, 0.15) is 5.56 Å². The molecule has 0 saturated carbocycles. The quantitative estimate of drug-likeness (QED) is 0.906. The highest BCUT2D eigenvalue weighted by Gasteiger charge is 2.17. The molecule has 1 saturated heterocycles. The Morgan fingerprint density at radius 1 is 1.22 bits per heavy atom. The third kappa shape index (κ3) is 3.53. The Balaban J connectivity index is 1.74. The van der Waals surface area contributed by atoms with E-state index in [0.717, 1.165) is 37.6 Å². The van der Waals surface area contributed by atoms with E-state index >= 15 is 0 Å². The molecule has 2 aromatic rings. The number of phenolic OH excluding ortho intramolecular Hbond substituents is 1. The van der Waals surface area contributed by atoms with Crippen molar-refractivity contribution in [2.45, 2.75) is 6.54 Å². The maximum Gasteiger partial charge on any atom is 0.165 e. The number of hydrogen-bond donors (Lipinski definition) is 2. The second-order valence-electron chi connectivity index (χ2n) is 5.78. The number of anilines is 2. The predicted octanol–water partition coefficient (Wildman–Crippen LogP) is 2.29. The third-order valence-corrected chi connectivity index (χ3v) is 4.18. The van der Waals surface area contributed by atoms with Crippen LogP contribution in [0.5, 0.6) is 5.75 Å². The van der Waals surface area contributed by atoms with Crippen molar-refractivity contribution in [1.82, 2.24) is 9.88 Å². The zero-order valence-electron chi connectivity index (χ0n) is 13.2. The Labute approximate surface area is 135 Å². The molecule has 2 N–H and O–H groups in total. The largest absolute Gasteiger partial charge is 0.505 e. The fourth-order valence-corrected chi connectivity index (χ4v) is 2.74. The average Bonchev–Trinajstić information content (AvgIpc) is 2.57. The van der Waals surface area contributed by atoms with Gasteiger partial charge in [0.2, 0.25) is 0 Å². The van der Waals surface area contributed by atoms with Crippen LogP contribution in [-0.4, -0.2) is 48.2 Å². The lowest BCUT2D eigenvalue weighted by atomic mass is 10.2. The molecule has 3 rings (SSSR count). The minimum absolute atomic E-state index is 0.301. The van der Waals surface area contributed by atoms with Crippen LogP contribution in [0.3, 0.4) is 0 Å². The maximum absolute atomic E-state index is 13.4. The number of para-hydroxylation sites is 1. The van der Waals surface area contributed by atoms with Gasteiger partial charge in [0.25, 0.3) is 0 Å². The van der Waals surface area contributed by atoms with E-state index in [4.69, 9.17) is 0 Å². The Bertz CT molecular complexity index is 671. The van der Waals surface area contributed by atoms with Gasteiger partial charge in [-0.1, -0.05) is 12.1 Å². The van der Waals surface area contributed by atoms with Crippen LogP contribution in [0.15, 0.2) is 36.7 Å². The molecule has 122 valence electrons. The smallest absolute Gasteiger partial charge is 0.165 e. The molecule has 23 heavy (non-hydrogen) atoms. The summed E-state index contributed by atoms with van der Waals surface area (Å²) >= 11 is 0. The van der Waals surface area contributed by atoms with Gasteiger partial charge in [-0.2, -0.15) is 0 Å². The number of aromatic nitrogens is 1. The first-order valence-electron chi connectivity index (χ1n) is 7.73. The summed E-state index contributed by atoms with van der Waals surface area (Å²) in [6, 6.07) is 6.53. The van der Waals surface area contributed by atoms with Crippen LogP contribution in [0, 0.1) is 5.82 Å². The van der Waals surface area contributed by atoms with Crippen LogP contribution in [0.25, 0.3) is 0 Å². The summed E-state index contributed by atoms with van der Waals surface area (Å²) in [6.07, 6.45) is 3.54. The molecule has 6 heteroatoms. The molecule has 0 unspecified atom stereocenters. The van der Waals surface area contributed by atoms with E-state index in [-0.39, 0.29) is 5.75 Å². The van der Waals surface area contributed by atoms with Crippen LogP contribution in [0.2, 0.25) is 0 Å². The normalized spacial score (nSPS) is 15.7. The molecule has 1 fully saturated rings. The van der Waals surface area contributed by atoms with Crippen molar-refractivity contribution in [3.05, 3.63) is 48.0 Å². The van der Waals surface area contributed by atoms with Gasteiger partial charge in [0.1, 0.15) is 0 Å². The molecule has 1 aliphatic heterocycles. The van der Waals surface area contributed by atoms with E-state index in [1.165, 1.54) is 6.07 Å². The SMILES string of the molecule is CN1CCN(c2ccncc2NCc2cccc(F)c2O)CC1. The van der Waals surface area contributed by atoms with Crippen LogP contribution in [-0.2, 0) is 6.54 Å². The summed E-state index contributed by atoms with van der Waals surface area (Å²) in [6.45, 7) is 4.30. The number of halogens is 1. The van der Waals surface area contributed by atoms with Gasteiger partial charge >= 0.3 is 0 Å². The number of nitrogens with one attached hydrogen (secondary N) is 1. The van der Waals surface area contributed by atoms with Gasteiger partial charge < -0.3 is 20.2 Å². The van der Waals surface area contributed by atoms with Crippen molar-refractivity contribution in [2.24, 2.45) is 0 Å². The second-order valence-corrected chi connectivity index (χ2v) is 5.78. The molecule has 2 heterocycles. The van der Waals surface area contributed by atoms with Gasteiger partial charge in [0, 0.05) is 44.5 Å². The summed E-state index contributed by atoms with van der Waals surface area (Å²) in [7, 11) is 2.12. The number of phenols is 1. The Morgan fingerprint density at radius 2 is 2.00 bits per heavy atom. The molecule has 5 nitrogen and oxygen atoms in total. The molecular weight excluding hydrogens is 295 g/mol. The molecule has 0 atom stereocenters. The topological polar surface area (TPSA) is 51.6 Å². The first-order valence-corrected chi connectivity index (χ1v) is 7.73. The summed E-state index contributed by atoms with van der Waals surface area (Å²) in [4.78, 5) is 8.79. The zero-order chi connectivity index (χ0) is 16.2. The highest BCUT2D eigenvalue weighted by atomic mass is 19.1. The van der Waals surface area contributed by atoms with E-state index in [1.807, 2.05) is 6.07 Å². The molecule has 1 aromatic carbocycles. The van der Waals surface area contributed by atoms with Crippen molar-refractivity contribution < 1.29 is 9.50 Å². The number of aromatic hydroxyl groups is 1. The summed E-state index contributed by atoms with van der Waals surface area (Å²) < 4.78 is 13.4. The van der Waals surface area contributed by atoms with E-state index in [2.05, 4.69) is 27.1 Å². The Kier molecular flexibility index (Phi) is 4.62. The van der Waals surface area contributed by atoms with E-state index in [9.17, 15) is 9.50 Å². The van der Waals surface area contributed by atoms with E-state index < -0.39 is 5.82 Å². The predicted molar refractivity (Wildman–Crippen MR) is 89.3 cm³/mol. The molecule has 0 radical (unpaired) electrons. The van der Waals surface area contributed by atoms with Crippen molar-refractivity contribution in [3.63, 3.8) is 0 Å². The third-order valence-electron chi connectivity index (χ3n) is 4.18. The molecule has 0 aliphatic carbocycles. The maximum atomic E-state index is 13.4. The minimum atomic E-state index is -0.602. The van der Waals surface area contributed by atoms with Gasteiger partial charge in [-0.15, -0.1) is 0 Å². The number of rotatable bonds is 4. The van der Waals surface area contributed by atoms with Crippen LogP contribution in [0.4, 0.5) is 15.8 Å². The standard InChI is InChI=1S/C17H21FN4O/c1-21-7-9-22(10-8-21)16-5-6-19-12-15(16)20-11-13-3-2-4-14(18)17(13)23/h2-6,12,20,23H,7-11H2,1H3. The number of nitrogens with zero attached hydrogens (tertiary/aromatic N) is 3. The number of hydrogen-bond acceptors (Lipinski definition) is 5. The monoisotopic (exact) mass is 316 g/mol. The van der Waals surface area contributed by atoms with Crippen molar-refractivity contribution >= 4 is 11.4 Å². The first-order chi connectivity index (χ1) is 11.1. The van der Waals surface area contributed by atoms with Crippen molar-refractivity contribution in [2.75, 3.05) is 43.4 Å². The Hall–Kier alpha value is -2.34. The minimum Gasteiger partial charge on any atom is -0.505 e. The van der Waals surface area contributed by atoms with Gasteiger partial charge in [-0.3, -0.25) is 4.98 Å². The first kappa shape index (κ1) is 15.6. The number of piperazine rings is 1. The Morgan fingerprint density at radius 3 is 2.78 bits per heavy atom. The molecule has 0 amide bonds. The van der Waals surface area contributed by atoms with Gasteiger partial charge in [-0.25, -0.2) is 4.39 Å². The number of benzene rings is 1. The highest BCUT2D eigenvalue weighted by molar-refractivity contribution is 5.69. The number of pyridine rings is 1. The second kappa shape index (κ2) is 6.83. The highest BCUT2D eigenvalue weighted by Crippen LogP contribution is 2.27.